The molecule has 2 heterocycles. The molecule has 5 heteroatoms. The van der Waals surface area contributed by atoms with Crippen molar-refractivity contribution in [2.45, 2.75) is 26.2 Å². The Morgan fingerprint density at radius 3 is 2.55 bits per heavy atom. The molecule has 1 aliphatic heterocycles. The average molecular weight is 433 g/mol. The number of carbonyl (C=O) groups is 2. The molecule has 31 heavy (non-hydrogen) atoms. The van der Waals surface area contributed by atoms with Crippen molar-refractivity contribution < 1.29 is 9.59 Å². The van der Waals surface area contributed by atoms with Crippen molar-refractivity contribution in [2.24, 2.45) is 5.41 Å². The standard InChI is InChI=1S/C26H28N2O2S/c1-19-4-3-5-21(14-19)15-24(29)28-12-11-26(18-28,25(30)27-2)16-20-6-8-22(9-7-20)23-10-13-31-17-23/h3-10,13-14,17H,11-12,15-16,18H2,1-2H3,(H,27,30)/t26-/m1/s1. The van der Waals surface area contributed by atoms with Gasteiger partial charge >= 0.3 is 0 Å². The first-order valence-corrected chi connectivity index (χ1v) is 11.6. The van der Waals surface area contributed by atoms with E-state index in [0.29, 0.717) is 32.4 Å². The highest BCUT2D eigenvalue weighted by Crippen LogP contribution is 2.35. The maximum atomic E-state index is 12.9. The molecule has 0 saturated carbocycles. The van der Waals surface area contributed by atoms with Gasteiger partial charge in [-0.25, -0.2) is 0 Å². The van der Waals surface area contributed by atoms with E-state index in [1.54, 1.807) is 18.4 Å². The van der Waals surface area contributed by atoms with Crippen molar-refractivity contribution >= 4 is 23.2 Å². The number of benzene rings is 2. The topological polar surface area (TPSA) is 49.4 Å². The van der Waals surface area contributed by atoms with E-state index >= 15 is 0 Å². The van der Waals surface area contributed by atoms with E-state index in [1.807, 2.05) is 30.0 Å². The number of carbonyl (C=O) groups excluding carboxylic acids is 2. The Labute approximate surface area is 187 Å². The lowest BCUT2D eigenvalue weighted by atomic mass is 9.79. The molecule has 1 saturated heterocycles. The van der Waals surface area contributed by atoms with Gasteiger partial charge in [-0.05, 0) is 58.8 Å². The van der Waals surface area contributed by atoms with Crippen LogP contribution < -0.4 is 5.32 Å². The van der Waals surface area contributed by atoms with Crippen LogP contribution in [-0.2, 0) is 22.4 Å². The fourth-order valence-electron chi connectivity index (χ4n) is 4.50. The van der Waals surface area contributed by atoms with E-state index in [-0.39, 0.29) is 11.8 Å². The summed E-state index contributed by atoms with van der Waals surface area (Å²) in [6, 6.07) is 18.6. The molecule has 160 valence electrons. The lowest BCUT2D eigenvalue weighted by molar-refractivity contribution is -0.132. The van der Waals surface area contributed by atoms with E-state index in [1.165, 1.54) is 11.1 Å². The molecule has 0 radical (unpaired) electrons. The first-order chi connectivity index (χ1) is 15.0. The molecule has 1 atom stereocenters. The number of thiophene rings is 1. The van der Waals surface area contributed by atoms with E-state index in [2.05, 4.69) is 52.5 Å². The summed E-state index contributed by atoms with van der Waals surface area (Å²) < 4.78 is 0. The predicted molar refractivity (Wildman–Crippen MR) is 126 cm³/mol. The Bertz CT molecular complexity index is 1060. The third-order valence-corrected chi connectivity index (χ3v) is 6.89. The Hall–Kier alpha value is -2.92. The van der Waals surface area contributed by atoms with Gasteiger partial charge in [0.2, 0.25) is 11.8 Å². The minimum Gasteiger partial charge on any atom is -0.359 e. The zero-order chi connectivity index (χ0) is 21.8. The molecule has 4 rings (SSSR count). The number of nitrogens with zero attached hydrogens (tertiary/aromatic N) is 1. The van der Waals surface area contributed by atoms with Gasteiger partial charge in [0, 0.05) is 20.1 Å². The minimum atomic E-state index is -0.582. The van der Waals surface area contributed by atoms with Gasteiger partial charge in [-0.1, -0.05) is 54.1 Å². The molecule has 0 spiro atoms. The summed E-state index contributed by atoms with van der Waals surface area (Å²) in [7, 11) is 1.68. The molecule has 2 amide bonds. The quantitative estimate of drug-likeness (QED) is 0.625. The second-order valence-electron chi connectivity index (χ2n) is 8.48. The second kappa shape index (κ2) is 9.06. The van der Waals surface area contributed by atoms with Crippen LogP contribution in [0.2, 0.25) is 0 Å². The molecule has 1 aliphatic rings. The zero-order valence-electron chi connectivity index (χ0n) is 18.1. The number of rotatable bonds is 6. The van der Waals surface area contributed by atoms with E-state index in [0.717, 1.165) is 16.7 Å². The summed E-state index contributed by atoms with van der Waals surface area (Å²) in [6.07, 6.45) is 1.68. The first-order valence-electron chi connectivity index (χ1n) is 10.7. The summed E-state index contributed by atoms with van der Waals surface area (Å²) in [5, 5.41) is 7.05. The van der Waals surface area contributed by atoms with Gasteiger partial charge in [-0.2, -0.15) is 11.3 Å². The van der Waals surface area contributed by atoms with E-state index in [4.69, 9.17) is 0 Å². The summed E-state index contributed by atoms with van der Waals surface area (Å²) in [4.78, 5) is 27.7. The van der Waals surface area contributed by atoms with Crippen molar-refractivity contribution in [2.75, 3.05) is 20.1 Å². The maximum absolute atomic E-state index is 12.9. The van der Waals surface area contributed by atoms with Crippen LogP contribution in [0.15, 0.2) is 65.4 Å². The Morgan fingerprint density at radius 1 is 1.06 bits per heavy atom. The highest BCUT2D eigenvalue weighted by molar-refractivity contribution is 7.08. The molecule has 4 nitrogen and oxygen atoms in total. The van der Waals surface area contributed by atoms with Crippen LogP contribution in [0, 0.1) is 12.3 Å². The van der Waals surface area contributed by atoms with Crippen LogP contribution >= 0.6 is 11.3 Å². The number of aryl methyl sites for hydroxylation is 1. The lowest BCUT2D eigenvalue weighted by Crippen LogP contribution is -2.44. The highest BCUT2D eigenvalue weighted by atomic mass is 32.1. The minimum absolute atomic E-state index is 0.0141. The van der Waals surface area contributed by atoms with E-state index < -0.39 is 5.41 Å². The van der Waals surface area contributed by atoms with Gasteiger partial charge in [0.05, 0.1) is 11.8 Å². The average Bonchev–Trinajstić information content (AvgIpc) is 3.45. The summed E-state index contributed by atoms with van der Waals surface area (Å²) in [5.74, 6) is 0.101. The van der Waals surface area contributed by atoms with Gasteiger partial charge in [0.25, 0.3) is 0 Å². The Balaban J connectivity index is 1.48. The smallest absolute Gasteiger partial charge is 0.228 e. The van der Waals surface area contributed by atoms with Crippen LogP contribution in [-0.4, -0.2) is 36.9 Å². The number of likely N-dealkylation sites (tertiary alicyclic amines) is 1. The van der Waals surface area contributed by atoms with Crippen molar-refractivity contribution in [3.63, 3.8) is 0 Å². The molecule has 2 aromatic carbocycles. The molecule has 0 aliphatic carbocycles. The van der Waals surface area contributed by atoms with Crippen molar-refractivity contribution in [3.8, 4) is 11.1 Å². The molecule has 1 fully saturated rings. The van der Waals surface area contributed by atoms with Gasteiger partial charge in [-0.15, -0.1) is 0 Å². The Kier molecular flexibility index (Phi) is 6.23. The van der Waals surface area contributed by atoms with E-state index in [9.17, 15) is 9.59 Å². The van der Waals surface area contributed by atoms with Crippen LogP contribution in [0.5, 0.6) is 0 Å². The number of amides is 2. The third-order valence-electron chi connectivity index (χ3n) is 6.20. The molecule has 0 bridgehead atoms. The van der Waals surface area contributed by atoms with Crippen molar-refractivity contribution in [3.05, 3.63) is 82.0 Å². The van der Waals surface area contributed by atoms with Crippen LogP contribution in [0.1, 0.15) is 23.1 Å². The molecular formula is C26H28N2O2S. The number of hydrogen-bond acceptors (Lipinski definition) is 3. The van der Waals surface area contributed by atoms with Crippen molar-refractivity contribution in [1.82, 2.24) is 10.2 Å². The predicted octanol–water partition coefficient (Wildman–Crippen LogP) is 4.47. The Morgan fingerprint density at radius 2 is 1.87 bits per heavy atom. The largest absolute Gasteiger partial charge is 0.359 e. The van der Waals surface area contributed by atoms with Crippen LogP contribution in [0.3, 0.4) is 0 Å². The first kappa shape index (κ1) is 21.3. The molecular weight excluding hydrogens is 404 g/mol. The molecule has 0 unspecified atom stereocenters. The SMILES string of the molecule is CNC(=O)[C@@]1(Cc2ccc(-c3ccsc3)cc2)CCN(C(=O)Cc2cccc(C)c2)C1. The van der Waals surface area contributed by atoms with Gasteiger partial charge in [0.15, 0.2) is 0 Å². The molecule has 1 aromatic heterocycles. The fraction of sp³-hybridized carbons (Fsp3) is 0.308. The fourth-order valence-corrected chi connectivity index (χ4v) is 5.17. The third kappa shape index (κ3) is 4.72. The molecule has 1 N–H and O–H groups in total. The van der Waals surface area contributed by atoms with Gasteiger partial charge < -0.3 is 10.2 Å². The summed E-state index contributed by atoms with van der Waals surface area (Å²) >= 11 is 1.68. The summed E-state index contributed by atoms with van der Waals surface area (Å²) in [5.41, 5.74) is 5.10. The van der Waals surface area contributed by atoms with Gasteiger partial charge in [0.1, 0.15) is 0 Å². The zero-order valence-corrected chi connectivity index (χ0v) is 18.9. The lowest BCUT2D eigenvalue weighted by Gasteiger charge is -2.28. The highest BCUT2D eigenvalue weighted by Gasteiger charge is 2.45. The van der Waals surface area contributed by atoms with Crippen LogP contribution in [0.25, 0.3) is 11.1 Å². The van der Waals surface area contributed by atoms with Crippen LogP contribution in [0.4, 0.5) is 0 Å². The maximum Gasteiger partial charge on any atom is 0.228 e. The number of nitrogens with one attached hydrogen (secondary N) is 1. The number of hydrogen-bond donors (Lipinski definition) is 1. The molecule has 3 aromatic rings. The second-order valence-corrected chi connectivity index (χ2v) is 9.26. The normalized spacial score (nSPS) is 18.2. The summed E-state index contributed by atoms with van der Waals surface area (Å²) in [6.45, 7) is 3.11. The van der Waals surface area contributed by atoms with Gasteiger partial charge in [-0.3, -0.25) is 9.59 Å². The van der Waals surface area contributed by atoms with Crippen molar-refractivity contribution in [1.29, 1.82) is 0 Å². The monoisotopic (exact) mass is 432 g/mol.